The summed E-state index contributed by atoms with van der Waals surface area (Å²) in [5.74, 6) is 1.24. The first kappa shape index (κ1) is 13.1. The standard InChI is InChI=1S/C13H18N2S/c1-16-8-3-2-7-15-11-13-6-4-5-12(9-13)10-14/h4-6,9,15H,2-3,7-8,11H2,1H3. The second kappa shape index (κ2) is 8.20. The van der Waals surface area contributed by atoms with E-state index >= 15 is 0 Å². The number of rotatable bonds is 7. The van der Waals surface area contributed by atoms with Crippen LogP contribution in [-0.2, 0) is 6.54 Å². The van der Waals surface area contributed by atoms with Crippen LogP contribution >= 0.6 is 11.8 Å². The van der Waals surface area contributed by atoms with E-state index in [1.54, 1.807) is 0 Å². The van der Waals surface area contributed by atoms with E-state index in [0.29, 0.717) is 0 Å². The maximum atomic E-state index is 8.76. The lowest BCUT2D eigenvalue weighted by Gasteiger charge is -2.04. The van der Waals surface area contributed by atoms with Crippen LogP contribution in [0.1, 0.15) is 24.0 Å². The van der Waals surface area contributed by atoms with Crippen molar-refractivity contribution in [2.24, 2.45) is 0 Å². The Bertz CT molecular complexity index is 344. The first-order valence-electron chi connectivity index (χ1n) is 5.55. The Morgan fingerprint density at radius 3 is 3.00 bits per heavy atom. The van der Waals surface area contributed by atoms with Crippen molar-refractivity contribution in [1.82, 2.24) is 5.32 Å². The predicted octanol–water partition coefficient (Wildman–Crippen LogP) is 2.79. The highest BCUT2D eigenvalue weighted by molar-refractivity contribution is 7.98. The topological polar surface area (TPSA) is 35.8 Å². The van der Waals surface area contributed by atoms with Crippen LogP contribution in [0.2, 0.25) is 0 Å². The normalized spacial score (nSPS) is 10.0. The minimum atomic E-state index is 0.738. The van der Waals surface area contributed by atoms with E-state index in [1.165, 1.54) is 24.2 Å². The lowest BCUT2D eigenvalue weighted by atomic mass is 10.1. The molecule has 0 spiro atoms. The molecular weight excluding hydrogens is 216 g/mol. The first-order chi connectivity index (χ1) is 7.86. The van der Waals surface area contributed by atoms with Crippen LogP contribution < -0.4 is 5.32 Å². The highest BCUT2D eigenvalue weighted by Crippen LogP contribution is 2.04. The highest BCUT2D eigenvalue weighted by atomic mass is 32.2. The monoisotopic (exact) mass is 234 g/mol. The summed E-state index contributed by atoms with van der Waals surface area (Å²) in [6, 6.07) is 9.91. The number of nitrogens with zero attached hydrogens (tertiary/aromatic N) is 1. The first-order valence-corrected chi connectivity index (χ1v) is 6.95. The summed E-state index contributed by atoms with van der Waals surface area (Å²) in [5, 5.41) is 12.2. The van der Waals surface area contributed by atoms with Crippen molar-refractivity contribution in [1.29, 1.82) is 5.26 Å². The number of thioether (sulfide) groups is 1. The minimum absolute atomic E-state index is 0.738. The molecule has 0 atom stereocenters. The summed E-state index contributed by atoms with van der Waals surface area (Å²) < 4.78 is 0. The molecular formula is C13H18N2S. The maximum Gasteiger partial charge on any atom is 0.0991 e. The number of hydrogen-bond acceptors (Lipinski definition) is 3. The smallest absolute Gasteiger partial charge is 0.0991 e. The quantitative estimate of drug-likeness (QED) is 0.737. The summed E-state index contributed by atoms with van der Waals surface area (Å²) in [4.78, 5) is 0. The molecule has 0 saturated carbocycles. The third kappa shape index (κ3) is 5.20. The zero-order valence-electron chi connectivity index (χ0n) is 9.70. The van der Waals surface area contributed by atoms with Gasteiger partial charge in [-0.2, -0.15) is 17.0 Å². The van der Waals surface area contributed by atoms with Crippen LogP contribution in [0.4, 0.5) is 0 Å². The van der Waals surface area contributed by atoms with Gasteiger partial charge in [0.15, 0.2) is 0 Å². The van der Waals surface area contributed by atoms with Crippen molar-refractivity contribution in [2.45, 2.75) is 19.4 Å². The van der Waals surface area contributed by atoms with Crippen molar-refractivity contribution in [3.63, 3.8) is 0 Å². The summed E-state index contributed by atoms with van der Waals surface area (Å²) in [7, 11) is 0. The predicted molar refractivity (Wildman–Crippen MR) is 70.5 cm³/mol. The van der Waals surface area contributed by atoms with Gasteiger partial charge in [-0.15, -0.1) is 0 Å². The van der Waals surface area contributed by atoms with Crippen LogP contribution in [-0.4, -0.2) is 18.6 Å². The number of nitriles is 1. The Labute approximate surface area is 102 Å². The Hall–Kier alpha value is -0.980. The molecule has 0 saturated heterocycles. The minimum Gasteiger partial charge on any atom is -0.313 e. The Morgan fingerprint density at radius 1 is 1.38 bits per heavy atom. The molecule has 0 aliphatic carbocycles. The van der Waals surface area contributed by atoms with Crippen LogP contribution in [0, 0.1) is 11.3 Å². The fraction of sp³-hybridized carbons (Fsp3) is 0.462. The van der Waals surface area contributed by atoms with Crippen LogP contribution in [0.3, 0.4) is 0 Å². The van der Waals surface area contributed by atoms with Crippen molar-refractivity contribution >= 4 is 11.8 Å². The average molecular weight is 234 g/mol. The van der Waals surface area contributed by atoms with E-state index in [-0.39, 0.29) is 0 Å². The van der Waals surface area contributed by atoms with Gasteiger partial charge in [-0.25, -0.2) is 0 Å². The third-order valence-electron chi connectivity index (χ3n) is 2.34. The molecule has 1 rings (SSSR count). The van der Waals surface area contributed by atoms with Crippen molar-refractivity contribution in [2.75, 3.05) is 18.6 Å². The summed E-state index contributed by atoms with van der Waals surface area (Å²) in [6.45, 7) is 1.91. The zero-order valence-corrected chi connectivity index (χ0v) is 10.5. The lowest BCUT2D eigenvalue weighted by molar-refractivity contribution is 0.644. The SMILES string of the molecule is CSCCCCNCc1cccc(C#N)c1. The fourth-order valence-electron chi connectivity index (χ4n) is 1.48. The molecule has 0 bridgehead atoms. The molecule has 1 aromatic rings. The Balaban J connectivity index is 2.19. The summed E-state index contributed by atoms with van der Waals surface area (Å²) in [6.07, 6.45) is 4.63. The second-order valence-electron chi connectivity index (χ2n) is 3.69. The molecule has 16 heavy (non-hydrogen) atoms. The van der Waals surface area contributed by atoms with Crippen LogP contribution in [0.25, 0.3) is 0 Å². The molecule has 0 heterocycles. The number of hydrogen-bond donors (Lipinski definition) is 1. The molecule has 0 fully saturated rings. The van der Waals surface area contributed by atoms with Gasteiger partial charge < -0.3 is 5.32 Å². The third-order valence-corrected chi connectivity index (χ3v) is 3.03. The van der Waals surface area contributed by atoms with E-state index in [2.05, 4.69) is 23.7 Å². The average Bonchev–Trinajstić information content (AvgIpc) is 2.34. The Morgan fingerprint density at radius 2 is 2.25 bits per heavy atom. The molecule has 0 amide bonds. The van der Waals surface area contributed by atoms with Crippen molar-refractivity contribution in [3.05, 3.63) is 35.4 Å². The van der Waals surface area contributed by atoms with Crippen molar-refractivity contribution < 1.29 is 0 Å². The molecule has 0 aliphatic heterocycles. The summed E-state index contributed by atoms with van der Waals surface area (Å²) in [5.41, 5.74) is 1.92. The van der Waals surface area contributed by atoms with Crippen LogP contribution in [0.5, 0.6) is 0 Å². The summed E-state index contributed by atoms with van der Waals surface area (Å²) >= 11 is 1.90. The molecule has 86 valence electrons. The number of nitrogens with one attached hydrogen (secondary N) is 1. The van der Waals surface area contributed by atoms with Gasteiger partial charge in [0.1, 0.15) is 0 Å². The van der Waals surface area contributed by atoms with Gasteiger partial charge in [0.05, 0.1) is 11.6 Å². The largest absolute Gasteiger partial charge is 0.313 e. The van der Waals surface area contributed by atoms with Gasteiger partial charge in [0.2, 0.25) is 0 Å². The van der Waals surface area contributed by atoms with Gasteiger partial charge in [-0.05, 0) is 49.1 Å². The van der Waals surface area contributed by atoms with Gasteiger partial charge in [-0.1, -0.05) is 12.1 Å². The van der Waals surface area contributed by atoms with Gasteiger partial charge in [-0.3, -0.25) is 0 Å². The molecule has 0 radical (unpaired) electrons. The fourth-order valence-corrected chi connectivity index (χ4v) is 1.97. The maximum absolute atomic E-state index is 8.76. The van der Waals surface area contributed by atoms with Gasteiger partial charge >= 0.3 is 0 Å². The molecule has 2 nitrogen and oxygen atoms in total. The van der Waals surface area contributed by atoms with E-state index in [4.69, 9.17) is 5.26 Å². The Kier molecular flexibility index (Phi) is 6.71. The van der Waals surface area contributed by atoms with E-state index < -0.39 is 0 Å². The van der Waals surface area contributed by atoms with Gasteiger partial charge in [0, 0.05) is 6.54 Å². The second-order valence-corrected chi connectivity index (χ2v) is 4.67. The molecule has 1 N–H and O–H groups in total. The molecule has 0 unspecified atom stereocenters. The number of unbranched alkanes of at least 4 members (excludes halogenated alkanes) is 1. The van der Waals surface area contributed by atoms with E-state index in [9.17, 15) is 0 Å². The number of benzene rings is 1. The lowest BCUT2D eigenvalue weighted by Crippen LogP contribution is -2.14. The molecule has 1 aromatic carbocycles. The van der Waals surface area contributed by atoms with E-state index in [1.807, 2.05) is 30.0 Å². The van der Waals surface area contributed by atoms with E-state index in [0.717, 1.165) is 18.7 Å². The van der Waals surface area contributed by atoms with Crippen molar-refractivity contribution in [3.8, 4) is 6.07 Å². The zero-order chi connectivity index (χ0) is 11.6. The van der Waals surface area contributed by atoms with Gasteiger partial charge in [0.25, 0.3) is 0 Å². The molecule has 0 aromatic heterocycles. The molecule has 0 aliphatic rings. The van der Waals surface area contributed by atoms with Crippen LogP contribution in [0.15, 0.2) is 24.3 Å². The highest BCUT2D eigenvalue weighted by Gasteiger charge is 1.94. The molecule has 3 heteroatoms.